The van der Waals surface area contributed by atoms with Gasteiger partial charge in [0.15, 0.2) is 11.5 Å². The Kier molecular flexibility index (Phi) is 7.76. The molecule has 3 aromatic rings. The minimum atomic E-state index is -0.906. The van der Waals surface area contributed by atoms with Gasteiger partial charge in [-0.15, -0.1) is 0 Å². The van der Waals surface area contributed by atoms with E-state index in [0.717, 1.165) is 10.5 Å². The number of amides is 4. The Morgan fingerprint density at radius 3 is 2.33 bits per heavy atom. The molecule has 0 aromatic heterocycles. The summed E-state index contributed by atoms with van der Waals surface area (Å²) in [6, 6.07) is 13.5. The number of nitrogens with zero attached hydrogens (tertiary/aromatic N) is 1. The van der Waals surface area contributed by atoms with Gasteiger partial charge in [-0.05, 0) is 53.6 Å². The van der Waals surface area contributed by atoms with Gasteiger partial charge in [0.2, 0.25) is 0 Å². The summed E-state index contributed by atoms with van der Waals surface area (Å²) in [6.45, 7) is 0.128. The third kappa shape index (κ3) is 5.29. The molecule has 3 aromatic carbocycles. The Bertz CT molecular complexity index is 1420. The first-order chi connectivity index (χ1) is 17.2. The second-order valence-corrected chi connectivity index (χ2v) is 9.11. The van der Waals surface area contributed by atoms with Gasteiger partial charge >= 0.3 is 6.03 Å². The molecule has 0 spiro atoms. The third-order valence-electron chi connectivity index (χ3n) is 5.12. The Labute approximate surface area is 226 Å². The maximum Gasteiger partial charge on any atom is 0.335 e. The summed E-state index contributed by atoms with van der Waals surface area (Å²) < 4.78 is 11.2. The van der Waals surface area contributed by atoms with Gasteiger partial charge in [-0.1, -0.05) is 64.6 Å². The predicted octanol–water partition coefficient (Wildman–Crippen LogP) is 6.55. The molecule has 0 radical (unpaired) electrons. The first kappa shape index (κ1) is 25.9. The number of carbonyl (C=O) groups is 3. The predicted molar refractivity (Wildman–Crippen MR) is 139 cm³/mol. The highest BCUT2D eigenvalue weighted by molar-refractivity contribution is 6.42. The lowest BCUT2D eigenvalue weighted by molar-refractivity contribution is -0.122. The van der Waals surface area contributed by atoms with Crippen molar-refractivity contribution in [1.29, 1.82) is 0 Å². The maximum atomic E-state index is 13.1. The smallest absolute Gasteiger partial charge is 0.335 e. The molecule has 7 nitrogen and oxygen atoms in total. The first-order valence-corrected chi connectivity index (χ1v) is 11.8. The van der Waals surface area contributed by atoms with Gasteiger partial charge in [-0.25, -0.2) is 9.69 Å². The van der Waals surface area contributed by atoms with Crippen LogP contribution in [0.1, 0.15) is 11.1 Å². The van der Waals surface area contributed by atoms with Crippen molar-refractivity contribution >= 4 is 76.0 Å². The maximum absolute atomic E-state index is 13.1. The van der Waals surface area contributed by atoms with Crippen LogP contribution in [0, 0.1) is 0 Å². The number of ether oxygens (including phenoxy) is 2. The molecule has 1 saturated heterocycles. The van der Waals surface area contributed by atoms with Gasteiger partial charge in [0.25, 0.3) is 11.8 Å². The molecule has 1 aliphatic heterocycles. The van der Waals surface area contributed by atoms with Gasteiger partial charge in [0, 0.05) is 0 Å². The largest absolute Gasteiger partial charge is 0.493 e. The molecule has 11 heteroatoms. The third-order valence-corrected chi connectivity index (χ3v) is 6.46. The fourth-order valence-electron chi connectivity index (χ4n) is 3.42. The molecule has 4 amide bonds. The van der Waals surface area contributed by atoms with Crippen LogP contribution in [-0.4, -0.2) is 25.0 Å². The number of urea groups is 1. The summed E-state index contributed by atoms with van der Waals surface area (Å²) in [7, 11) is 1.42. The second-order valence-electron chi connectivity index (χ2n) is 7.48. The summed E-state index contributed by atoms with van der Waals surface area (Å²) in [5, 5.41) is 3.30. The van der Waals surface area contributed by atoms with Gasteiger partial charge < -0.3 is 9.47 Å². The molecule has 0 atom stereocenters. The average Bonchev–Trinajstić information content (AvgIpc) is 2.84. The number of para-hydroxylation sites is 1. The summed E-state index contributed by atoms with van der Waals surface area (Å²) in [4.78, 5) is 38.8. The molecule has 1 aliphatic rings. The van der Waals surface area contributed by atoms with Crippen molar-refractivity contribution in [3.8, 4) is 11.5 Å². The Balaban J connectivity index is 1.64. The lowest BCUT2D eigenvalue weighted by atomic mass is 10.1. The van der Waals surface area contributed by atoms with E-state index in [1.807, 2.05) is 0 Å². The summed E-state index contributed by atoms with van der Waals surface area (Å²) in [5.41, 5.74) is 0.965. The summed E-state index contributed by atoms with van der Waals surface area (Å²) >= 11 is 24.6. The second kappa shape index (κ2) is 10.8. The number of halogens is 4. The van der Waals surface area contributed by atoms with Crippen molar-refractivity contribution in [2.24, 2.45) is 0 Å². The molecular weight excluding hydrogens is 550 g/mol. The van der Waals surface area contributed by atoms with E-state index in [4.69, 9.17) is 55.9 Å². The number of benzene rings is 3. The van der Waals surface area contributed by atoms with Gasteiger partial charge in [0.1, 0.15) is 12.2 Å². The Hall–Kier alpha value is -3.23. The number of hydrogen-bond donors (Lipinski definition) is 1. The molecule has 1 heterocycles. The molecule has 184 valence electrons. The Morgan fingerprint density at radius 1 is 0.889 bits per heavy atom. The van der Waals surface area contributed by atoms with Crippen LogP contribution >= 0.6 is 46.4 Å². The van der Waals surface area contributed by atoms with E-state index >= 15 is 0 Å². The molecular formula is C25H16Cl4N2O5. The van der Waals surface area contributed by atoms with Crippen LogP contribution in [0.25, 0.3) is 6.08 Å². The SMILES string of the molecule is COc1cc(/C=C2\C(=O)NC(=O)N(c3ccccc3Cl)C2=O)cc(Cl)c1OCc1ccc(Cl)c(Cl)c1. The van der Waals surface area contributed by atoms with Gasteiger partial charge in [-0.3, -0.25) is 14.9 Å². The van der Waals surface area contributed by atoms with Crippen molar-refractivity contribution in [3.63, 3.8) is 0 Å². The number of barbiturate groups is 1. The molecule has 0 saturated carbocycles. The van der Waals surface area contributed by atoms with Crippen LogP contribution in [0.15, 0.2) is 60.2 Å². The van der Waals surface area contributed by atoms with Gasteiger partial charge in [0.05, 0.1) is 32.9 Å². The number of rotatable bonds is 6. The van der Waals surface area contributed by atoms with Crippen LogP contribution < -0.4 is 19.7 Å². The lowest BCUT2D eigenvalue weighted by Crippen LogP contribution is -2.54. The fourth-order valence-corrected chi connectivity index (χ4v) is 4.24. The number of anilines is 1. The summed E-state index contributed by atoms with van der Waals surface area (Å²) in [6.07, 6.45) is 1.30. The minimum absolute atomic E-state index is 0.128. The highest BCUT2D eigenvalue weighted by atomic mass is 35.5. The van der Waals surface area contributed by atoms with E-state index < -0.39 is 17.8 Å². The summed E-state index contributed by atoms with van der Waals surface area (Å²) in [5.74, 6) is -1.19. The Morgan fingerprint density at radius 2 is 1.64 bits per heavy atom. The van der Waals surface area contributed by atoms with E-state index in [-0.39, 0.29) is 39.4 Å². The van der Waals surface area contributed by atoms with Crippen LogP contribution in [0.4, 0.5) is 10.5 Å². The number of imide groups is 2. The van der Waals surface area contributed by atoms with E-state index in [0.29, 0.717) is 15.6 Å². The molecule has 36 heavy (non-hydrogen) atoms. The minimum Gasteiger partial charge on any atom is -0.493 e. The van der Waals surface area contributed by atoms with Crippen molar-refractivity contribution in [2.45, 2.75) is 6.61 Å². The quantitative estimate of drug-likeness (QED) is 0.270. The van der Waals surface area contributed by atoms with Crippen LogP contribution in [0.2, 0.25) is 20.1 Å². The molecule has 0 unspecified atom stereocenters. The van der Waals surface area contributed by atoms with Crippen molar-refractivity contribution < 1.29 is 23.9 Å². The van der Waals surface area contributed by atoms with Gasteiger partial charge in [-0.2, -0.15) is 0 Å². The van der Waals surface area contributed by atoms with Crippen molar-refractivity contribution in [1.82, 2.24) is 5.32 Å². The number of hydrogen-bond acceptors (Lipinski definition) is 5. The normalized spacial score (nSPS) is 14.8. The zero-order valence-corrected chi connectivity index (χ0v) is 21.5. The van der Waals surface area contributed by atoms with Crippen molar-refractivity contribution in [2.75, 3.05) is 12.0 Å². The highest BCUT2D eigenvalue weighted by Gasteiger charge is 2.37. The molecule has 0 bridgehead atoms. The fraction of sp³-hybridized carbons (Fsp3) is 0.0800. The van der Waals surface area contributed by atoms with Crippen LogP contribution in [0.5, 0.6) is 11.5 Å². The lowest BCUT2D eigenvalue weighted by Gasteiger charge is -2.27. The van der Waals surface area contributed by atoms with E-state index in [1.165, 1.54) is 31.4 Å². The zero-order valence-electron chi connectivity index (χ0n) is 18.5. The van der Waals surface area contributed by atoms with Crippen LogP contribution in [0.3, 0.4) is 0 Å². The first-order valence-electron chi connectivity index (χ1n) is 10.3. The number of nitrogens with one attached hydrogen (secondary N) is 1. The molecule has 4 rings (SSSR count). The van der Waals surface area contributed by atoms with E-state index in [1.54, 1.807) is 36.4 Å². The van der Waals surface area contributed by atoms with E-state index in [9.17, 15) is 14.4 Å². The average molecular weight is 566 g/mol. The number of methoxy groups -OCH3 is 1. The molecule has 0 aliphatic carbocycles. The van der Waals surface area contributed by atoms with E-state index in [2.05, 4.69) is 5.32 Å². The van der Waals surface area contributed by atoms with Crippen LogP contribution in [-0.2, 0) is 16.2 Å². The standard InChI is InChI=1S/C25H16Cl4N2O5/c1-35-21-11-14(10-19(29)22(21)36-12-13-6-7-16(26)18(28)9-13)8-15-23(32)30-25(34)31(24(15)33)20-5-3-2-4-17(20)27/h2-11H,12H2,1H3,(H,30,32,34)/b15-8+. The zero-order chi connectivity index (χ0) is 26.0. The molecule has 1 fully saturated rings. The van der Waals surface area contributed by atoms with Crippen molar-refractivity contribution in [3.05, 3.63) is 91.4 Å². The topological polar surface area (TPSA) is 84.9 Å². The molecule has 1 N–H and O–H groups in total. The monoisotopic (exact) mass is 564 g/mol. The highest BCUT2D eigenvalue weighted by Crippen LogP contribution is 2.38. The number of carbonyl (C=O) groups excluding carboxylic acids is 3.